The van der Waals surface area contributed by atoms with E-state index in [1.807, 2.05) is 0 Å². The molecule has 0 saturated heterocycles. The number of aromatic carboxylic acids is 1. The van der Waals surface area contributed by atoms with Crippen LogP contribution in [-0.4, -0.2) is 22.0 Å². The fraction of sp³-hybridized carbons (Fsp3) is 0.154. The summed E-state index contributed by atoms with van der Waals surface area (Å²) in [6.07, 6.45) is 0. The summed E-state index contributed by atoms with van der Waals surface area (Å²) < 4.78 is 5.18. The highest BCUT2D eigenvalue weighted by atomic mass is 35.5. The zero-order valence-electron chi connectivity index (χ0n) is 10.7. The first kappa shape index (κ1) is 14.1. The van der Waals surface area contributed by atoms with Crippen molar-refractivity contribution >= 4 is 29.2 Å². The second kappa shape index (κ2) is 5.34. The van der Waals surface area contributed by atoms with Crippen LogP contribution in [0, 0.1) is 13.8 Å². The molecule has 2 rings (SSSR count). The quantitative estimate of drug-likeness (QED) is 0.908. The maximum Gasteiger partial charge on any atom is 0.337 e. The number of nitrogens with zero attached hydrogens (tertiary/aromatic N) is 1. The van der Waals surface area contributed by atoms with Crippen molar-refractivity contribution in [2.24, 2.45) is 0 Å². The molecule has 0 aliphatic carbocycles. The van der Waals surface area contributed by atoms with Crippen molar-refractivity contribution in [3.8, 4) is 0 Å². The minimum absolute atomic E-state index is 0.0406. The van der Waals surface area contributed by atoms with E-state index in [2.05, 4.69) is 10.3 Å². The molecule has 0 radical (unpaired) electrons. The summed E-state index contributed by atoms with van der Waals surface area (Å²) in [7, 11) is 0. The Labute approximate surface area is 119 Å². The van der Waals surface area contributed by atoms with E-state index in [1.165, 1.54) is 18.2 Å². The summed E-state index contributed by atoms with van der Waals surface area (Å²) in [6, 6.07) is 4.12. The van der Waals surface area contributed by atoms with Gasteiger partial charge in [0, 0.05) is 11.9 Å². The molecule has 0 saturated carbocycles. The van der Waals surface area contributed by atoms with E-state index in [0.29, 0.717) is 16.6 Å². The normalized spacial score (nSPS) is 10.3. The van der Waals surface area contributed by atoms with Gasteiger partial charge in [-0.2, -0.15) is 0 Å². The van der Waals surface area contributed by atoms with Gasteiger partial charge >= 0.3 is 5.97 Å². The molecule has 1 heterocycles. The summed E-state index contributed by atoms with van der Waals surface area (Å²) in [5.41, 5.74) is 0.471. The van der Waals surface area contributed by atoms with Crippen molar-refractivity contribution in [1.29, 1.82) is 0 Å². The highest BCUT2D eigenvalue weighted by molar-refractivity contribution is 6.31. The van der Waals surface area contributed by atoms with E-state index in [9.17, 15) is 9.59 Å². The van der Waals surface area contributed by atoms with Crippen LogP contribution >= 0.6 is 11.6 Å². The average Bonchev–Trinajstić information content (AvgIpc) is 2.68. The lowest BCUT2D eigenvalue weighted by Crippen LogP contribution is -2.15. The van der Waals surface area contributed by atoms with Crippen molar-refractivity contribution < 1.29 is 19.1 Å². The first-order valence-corrected chi connectivity index (χ1v) is 6.04. The number of rotatable bonds is 3. The van der Waals surface area contributed by atoms with Crippen LogP contribution in [0.1, 0.15) is 32.5 Å². The van der Waals surface area contributed by atoms with E-state index in [0.717, 1.165) is 0 Å². The zero-order valence-corrected chi connectivity index (χ0v) is 11.5. The number of aromatic nitrogens is 1. The zero-order chi connectivity index (χ0) is 14.9. The van der Waals surface area contributed by atoms with Crippen LogP contribution in [0.25, 0.3) is 0 Å². The molecule has 1 aromatic heterocycles. The molecule has 1 amide bonds. The van der Waals surface area contributed by atoms with Gasteiger partial charge in [0.1, 0.15) is 0 Å². The second-order valence-electron chi connectivity index (χ2n) is 4.10. The van der Waals surface area contributed by atoms with Gasteiger partial charge in [-0.25, -0.2) is 9.78 Å². The Morgan fingerprint density at radius 3 is 2.60 bits per heavy atom. The molecule has 6 nitrogen and oxygen atoms in total. The molecule has 0 fully saturated rings. The number of nitrogens with one attached hydrogen (secondary N) is 1. The largest absolute Gasteiger partial charge is 0.478 e. The van der Waals surface area contributed by atoms with Gasteiger partial charge in [0.05, 0.1) is 16.9 Å². The lowest BCUT2D eigenvalue weighted by atomic mass is 10.1. The van der Waals surface area contributed by atoms with Crippen LogP contribution in [0.15, 0.2) is 22.6 Å². The maximum atomic E-state index is 12.1. The molecule has 0 aliphatic rings. The standard InChI is InChI=1S/C13H11ClN2O4/c1-6-11(20-7(2)15-6)12(17)16-10-5-8(14)3-4-9(10)13(18)19/h3-5H,1-2H3,(H,16,17)(H,18,19). The Hall–Kier alpha value is -2.34. The van der Waals surface area contributed by atoms with E-state index in [-0.39, 0.29) is 17.0 Å². The van der Waals surface area contributed by atoms with Gasteiger partial charge < -0.3 is 14.8 Å². The van der Waals surface area contributed by atoms with Crippen molar-refractivity contribution in [1.82, 2.24) is 4.98 Å². The lowest BCUT2D eigenvalue weighted by Gasteiger charge is -2.07. The average molecular weight is 295 g/mol. The molecule has 0 unspecified atom stereocenters. The molecule has 7 heteroatoms. The number of benzene rings is 1. The number of oxazole rings is 1. The Balaban J connectivity index is 2.34. The SMILES string of the molecule is Cc1nc(C)c(C(=O)Nc2cc(Cl)ccc2C(=O)O)o1. The molecule has 104 valence electrons. The number of halogens is 1. The van der Waals surface area contributed by atoms with E-state index >= 15 is 0 Å². The number of anilines is 1. The van der Waals surface area contributed by atoms with Crippen LogP contribution in [0.4, 0.5) is 5.69 Å². The maximum absolute atomic E-state index is 12.1. The van der Waals surface area contributed by atoms with E-state index < -0.39 is 11.9 Å². The predicted octanol–water partition coefficient (Wildman–Crippen LogP) is 2.90. The smallest absolute Gasteiger partial charge is 0.337 e. The number of carboxylic acids is 1. The number of aryl methyl sites for hydroxylation is 2. The minimum atomic E-state index is -1.16. The molecule has 0 aliphatic heterocycles. The highest BCUT2D eigenvalue weighted by Crippen LogP contribution is 2.22. The Morgan fingerprint density at radius 1 is 1.35 bits per heavy atom. The fourth-order valence-corrected chi connectivity index (χ4v) is 1.90. The van der Waals surface area contributed by atoms with Gasteiger partial charge in [-0.05, 0) is 25.1 Å². The van der Waals surface area contributed by atoms with Gasteiger partial charge in [-0.15, -0.1) is 0 Å². The number of hydrogen-bond acceptors (Lipinski definition) is 4. The van der Waals surface area contributed by atoms with Gasteiger partial charge in [0.2, 0.25) is 5.76 Å². The van der Waals surface area contributed by atoms with Crippen molar-refractivity contribution in [2.45, 2.75) is 13.8 Å². The number of hydrogen-bond donors (Lipinski definition) is 2. The molecule has 1 aromatic carbocycles. The second-order valence-corrected chi connectivity index (χ2v) is 4.53. The Kier molecular flexibility index (Phi) is 3.76. The topological polar surface area (TPSA) is 92.4 Å². The Morgan fingerprint density at radius 2 is 2.05 bits per heavy atom. The monoisotopic (exact) mass is 294 g/mol. The summed E-state index contributed by atoms with van der Waals surface area (Å²) in [4.78, 5) is 27.1. The van der Waals surface area contributed by atoms with Crippen LogP contribution < -0.4 is 5.32 Å². The first-order valence-electron chi connectivity index (χ1n) is 5.66. The molecule has 0 atom stereocenters. The summed E-state index contributed by atoms with van der Waals surface area (Å²) in [6.45, 7) is 3.24. The minimum Gasteiger partial charge on any atom is -0.478 e. The summed E-state index contributed by atoms with van der Waals surface area (Å²) in [5, 5.41) is 11.8. The van der Waals surface area contributed by atoms with Crippen LogP contribution in [0.3, 0.4) is 0 Å². The van der Waals surface area contributed by atoms with Crippen molar-refractivity contribution in [3.05, 3.63) is 46.1 Å². The number of carbonyl (C=O) groups is 2. The van der Waals surface area contributed by atoms with Gasteiger partial charge in [-0.3, -0.25) is 4.79 Å². The van der Waals surface area contributed by atoms with Crippen LogP contribution in [0.2, 0.25) is 5.02 Å². The highest BCUT2D eigenvalue weighted by Gasteiger charge is 2.19. The third kappa shape index (κ3) is 2.80. The molecule has 2 aromatic rings. The lowest BCUT2D eigenvalue weighted by molar-refractivity contribution is 0.0698. The molecule has 20 heavy (non-hydrogen) atoms. The van der Waals surface area contributed by atoms with Gasteiger partial charge in [0.25, 0.3) is 5.91 Å². The predicted molar refractivity (Wildman–Crippen MR) is 72.3 cm³/mol. The number of carbonyl (C=O) groups excluding carboxylic acids is 1. The number of carboxylic acid groups (broad SMARTS) is 1. The number of amides is 1. The summed E-state index contributed by atoms with van der Waals surface area (Å²) in [5.74, 6) is -1.34. The molecular weight excluding hydrogens is 284 g/mol. The van der Waals surface area contributed by atoms with E-state index in [1.54, 1.807) is 13.8 Å². The van der Waals surface area contributed by atoms with Gasteiger partial charge in [-0.1, -0.05) is 11.6 Å². The third-order valence-corrected chi connectivity index (χ3v) is 2.81. The van der Waals surface area contributed by atoms with Crippen molar-refractivity contribution in [2.75, 3.05) is 5.32 Å². The van der Waals surface area contributed by atoms with Crippen LogP contribution in [0.5, 0.6) is 0 Å². The van der Waals surface area contributed by atoms with Crippen molar-refractivity contribution in [3.63, 3.8) is 0 Å². The van der Waals surface area contributed by atoms with Gasteiger partial charge in [0.15, 0.2) is 5.89 Å². The van der Waals surface area contributed by atoms with E-state index in [4.69, 9.17) is 21.1 Å². The molecule has 0 spiro atoms. The molecular formula is C13H11ClN2O4. The molecule has 0 bridgehead atoms. The third-order valence-electron chi connectivity index (χ3n) is 2.57. The summed E-state index contributed by atoms with van der Waals surface area (Å²) >= 11 is 5.81. The molecule has 2 N–H and O–H groups in total. The van der Waals surface area contributed by atoms with Crippen LogP contribution in [-0.2, 0) is 0 Å². The fourth-order valence-electron chi connectivity index (χ4n) is 1.73. The Bertz CT molecular complexity index is 694. The first-order chi connectivity index (χ1) is 9.38.